The fourth-order valence-corrected chi connectivity index (χ4v) is 2.86. The number of aromatic nitrogens is 1. The van der Waals surface area contributed by atoms with E-state index in [1.807, 2.05) is 12.1 Å². The summed E-state index contributed by atoms with van der Waals surface area (Å²) in [6.07, 6.45) is 0. The number of halogens is 1. The quantitative estimate of drug-likeness (QED) is 0.719. The molecule has 2 aromatic rings. The van der Waals surface area contributed by atoms with E-state index in [4.69, 9.17) is 4.98 Å². The first kappa shape index (κ1) is 13.3. The predicted octanol–water partition coefficient (Wildman–Crippen LogP) is 5.45. The highest BCUT2D eigenvalue weighted by atomic mass is 79.9. The normalized spacial score (nSPS) is 11.0. The zero-order valence-corrected chi connectivity index (χ0v) is 12.9. The van der Waals surface area contributed by atoms with Crippen LogP contribution in [0.25, 0.3) is 16.5 Å². The molecule has 2 rings (SSSR count). The van der Waals surface area contributed by atoms with Crippen molar-refractivity contribution in [1.82, 2.24) is 4.98 Å². The number of pyridine rings is 1. The second-order valence-corrected chi connectivity index (χ2v) is 5.93. The first-order valence-corrected chi connectivity index (χ1v) is 7.03. The Labute approximate surface area is 117 Å². The predicted molar refractivity (Wildman–Crippen MR) is 82.5 cm³/mol. The van der Waals surface area contributed by atoms with E-state index in [-0.39, 0.29) is 0 Å². The van der Waals surface area contributed by atoms with Crippen LogP contribution in [-0.4, -0.2) is 4.98 Å². The molecule has 1 heterocycles. The Balaban J connectivity index is 2.67. The van der Waals surface area contributed by atoms with Gasteiger partial charge in [-0.3, -0.25) is 0 Å². The summed E-state index contributed by atoms with van der Waals surface area (Å²) in [5.41, 5.74) is 4.80. The van der Waals surface area contributed by atoms with E-state index in [0.717, 1.165) is 15.7 Å². The van der Waals surface area contributed by atoms with Gasteiger partial charge in [0.2, 0.25) is 0 Å². The summed E-state index contributed by atoms with van der Waals surface area (Å²) in [7, 11) is 0. The first-order chi connectivity index (χ1) is 8.50. The number of nitrogens with zero attached hydrogens (tertiary/aromatic N) is 1. The third-order valence-electron chi connectivity index (χ3n) is 3.06. The van der Waals surface area contributed by atoms with E-state index < -0.39 is 0 Å². The summed E-state index contributed by atoms with van der Waals surface area (Å²) < 4.78 is 1.05. The summed E-state index contributed by atoms with van der Waals surface area (Å²) in [4.78, 5) is 4.81. The third-order valence-corrected chi connectivity index (χ3v) is 3.70. The van der Waals surface area contributed by atoms with E-state index in [1.165, 1.54) is 16.5 Å². The molecule has 0 spiro atoms. The Morgan fingerprint density at radius 2 is 1.83 bits per heavy atom. The molecule has 0 aliphatic rings. The number of hydrogen-bond acceptors (Lipinski definition) is 1. The summed E-state index contributed by atoms with van der Waals surface area (Å²) in [5, 5.41) is 1.17. The fourth-order valence-electron chi connectivity index (χ4n) is 2.39. The molecule has 0 saturated carbocycles. The number of benzene rings is 1. The van der Waals surface area contributed by atoms with Crippen LogP contribution in [0.1, 0.15) is 33.4 Å². The van der Waals surface area contributed by atoms with Crippen LogP contribution in [0.4, 0.5) is 0 Å². The molecule has 0 atom stereocenters. The van der Waals surface area contributed by atoms with Gasteiger partial charge in [0, 0.05) is 9.86 Å². The van der Waals surface area contributed by atoms with Crippen molar-refractivity contribution in [3.8, 4) is 0 Å². The summed E-state index contributed by atoms with van der Waals surface area (Å²) in [5.74, 6) is 0.488. The minimum Gasteiger partial charge on any atom is -0.247 e. The van der Waals surface area contributed by atoms with Gasteiger partial charge in [0.25, 0.3) is 0 Å². The summed E-state index contributed by atoms with van der Waals surface area (Å²) in [6, 6.07) is 10.4. The van der Waals surface area contributed by atoms with Crippen LogP contribution in [0.15, 0.2) is 40.4 Å². The maximum Gasteiger partial charge on any atom is 0.0851 e. The lowest BCUT2D eigenvalue weighted by molar-refractivity contribution is 0.841. The van der Waals surface area contributed by atoms with Crippen molar-refractivity contribution in [1.29, 1.82) is 0 Å². The van der Waals surface area contributed by atoms with Crippen LogP contribution in [0.5, 0.6) is 0 Å². The molecule has 94 valence electrons. The van der Waals surface area contributed by atoms with E-state index >= 15 is 0 Å². The molecule has 0 radical (unpaired) electrons. The van der Waals surface area contributed by atoms with Crippen molar-refractivity contribution in [3.05, 3.63) is 46.1 Å². The summed E-state index contributed by atoms with van der Waals surface area (Å²) >= 11 is 3.58. The minimum absolute atomic E-state index is 0.488. The lowest BCUT2D eigenvalue weighted by Gasteiger charge is -2.14. The first-order valence-electron chi connectivity index (χ1n) is 6.23. The van der Waals surface area contributed by atoms with E-state index in [0.29, 0.717) is 5.92 Å². The van der Waals surface area contributed by atoms with Crippen molar-refractivity contribution in [2.24, 2.45) is 5.92 Å². The van der Waals surface area contributed by atoms with Crippen LogP contribution < -0.4 is 0 Å². The van der Waals surface area contributed by atoms with Crippen LogP contribution in [0, 0.1) is 5.92 Å². The van der Waals surface area contributed by atoms with Gasteiger partial charge in [-0.1, -0.05) is 37.6 Å². The van der Waals surface area contributed by atoms with Crippen molar-refractivity contribution < 1.29 is 0 Å². The molecule has 1 aromatic carbocycles. The van der Waals surface area contributed by atoms with Crippen molar-refractivity contribution in [2.75, 3.05) is 0 Å². The molecule has 0 aliphatic heterocycles. The van der Waals surface area contributed by atoms with E-state index in [9.17, 15) is 0 Å². The zero-order chi connectivity index (χ0) is 13.3. The minimum atomic E-state index is 0.488. The second-order valence-electron chi connectivity index (χ2n) is 5.08. The van der Waals surface area contributed by atoms with Gasteiger partial charge in [-0.05, 0) is 53.4 Å². The molecule has 0 aliphatic carbocycles. The highest BCUT2D eigenvalue weighted by molar-refractivity contribution is 9.10. The van der Waals surface area contributed by atoms with E-state index in [2.05, 4.69) is 61.8 Å². The highest BCUT2D eigenvalue weighted by Crippen LogP contribution is 2.29. The van der Waals surface area contributed by atoms with E-state index in [1.54, 1.807) is 0 Å². The molecule has 2 heteroatoms. The molecular formula is C16H18BrN. The number of hydrogen-bond donors (Lipinski definition) is 0. The molecule has 0 N–H and O–H groups in total. The Bertz CT molecular complexity index is 608. The van der Waals surface area contributed by atoms with Crippen molar-refractivity contribution in [2.45, 2.75) is 27.7 Å². The standard InChI is InChI=1S/C16H18BrN/c1-10(2)15(11(3)4)14-9-8-12-6-5-7-13(17)16(12)18-14/h5-10H,1-4H3. The third kappa shape index (κ3) is 2.49. The Hall–Kier alpha value is -1.15. The SMILES string of the molecule is CC(C)=C(c1ccc2cccc(Br)c2n1)C(C)C. The van der Waals surface area contributed by atoms with Crippen molar-refractivity contribution >= 4 is 32.4 Å². The largest absolute Gasteiger partial charge is 0.247 e. The topological polar surface area (TPSA) is 12.9 Å². The molecule has 18 heavy (non-hydrogen) atoms. The Morgan fingerprint density at radius 1 is 1.11 bits per heavy atom. The fraction of sp³-hybridized carbons (Fsp3) is 0.312. The lowest BCUT2D eigenvalue weighted by Crippen LogP contribution is -1.99. The number of rotatable bonds is 2. The highest BCUT2D eigenvalue weighted by Gasteiger charge is 2.11. The maximum atomic E-state index is 4.81. The lowest BCUT2D eigenvalue weighted by atomic mass is 9.95. The number of para-hydroxylation sites is 1. The number of allylic oxidation sites excluding steroid dienone is 2. The molecule has 0 saturated heterocycles. The smallest absolute Gasteiger partial charge is 0.0851 e. The van der Waals surface area contributed by atoms with Crippen molar-refractivity contribution in [3.63, 3.8) is 0 Å². The Kier molecular flexibility index (Phi) is 3.86. The second kappa shape index (κ2) is 5.23. The molecule has 0 unspecified atom stereocenters. The monoisotopic (exact) mass is 303 g/mol. The van der Waals surface area contributed by atoms with Gasteiger partial charge >= 0.3 is 0 Å². The van der Waals surface area contributed by atoms with Crippen LogP contribution in [-0.2, 0) is 0 Å². The maximum absolute atomic E-state index is 4.81. The van der Waals surface area contributed by atoms with Gasteiger partial charge in [-0.2, -0.15) is 0 Å². The molecule has 1 aromatic heterocycles. The van der Waals surface area contributed by atoms with Gasteiger partial charge in [-0.25, -0.2) is 4.98 Å². The molecule has 0 amide bonds. The zero-order valence-electron chi connectivity index (χ0n) is 11.3. The molecular weight excluding hydrogens is 286 g/mol. The van der Waals surface area contributed by atoms with Gasteiger partial charge < -0.3 is 0 Å². The molecule has 0 bridgehead atoms. The van der Waals surface area contributed by atoms with Crippen LogP contribution in [0.2, 0.25) is 0 Å². The van der Waals surface area contributed by atoms with Gasteiger partial charge in [0.15, 0.2) is 0 Å². The van der Waals surface area contributed by atoms with Gasteiger partial charge in [0.05, 0.1) is 11.2 Å². The summed E-state index contributed by atoms with van der Waals surface area (Å²) in [6.45, 7) is 8.74. The molecule has 1 nitrogen and oxygen atoms in total. The average Bonchev–Trinajstić information content (AvgIpc) is 2.29. The molecule has 0 fully saturated rings. The van der Waals surface area contributed by atoms with Crippen LogP contribution in [0.3, 0.4) is 0 Å². The average molecular weight is 304 g/mol. The van der Waals surface area contributed by atoms with Crippen LogP contribution >= 0.6 is 15.9 Å². The Morgan fingerprint density at radius 3 is 2.44 bits per heavy atom. The van der Waals surface area contributed by atoms with Gasteiger partial charge in [-0.15, -0.1) is 0 Å². The number of fused-ring (bicyclic) bond motifs is 1. The van der Waals surface area contributed by atoms with Gasteiger partial charge in [0.1, 0.15) is 0 Å².